The third-order valence-electron chi connectivity index (χ3n) is 2.39. The van der Waals surface area contributed by atoms with Gasteiger partial charge in [0.25, 0.3) is 0 Å². The van der Waals surface area contributed by atoms with Crippen LogP contribution in [0.25, 0.3) is 0 Å². The molecule has 0 saturated heterocycles. The summed E-state index contributed by atoms with van der Waals surface area (Å²) in [4.78, 5) is 11.5. The molecule has 1 unspecified atom stereocenters. The van der Waals surface area contributed by atoms with Gasteiger partial charge >= 0.3 is 0 Å². The van der Waals surface area contributed by atoms with Crippen molar-refractivity contribution >= 4 is 23.2 Å². The zero-order valence-electron chi connectivity index (χ0n) is 10.4. The second-order valence-electron chi connectivity index (χ2n) is 4.22. The lowest BCUT2D eigenvalue weighted by atomic mass is 10.2. The Bertz CT molecular complexity index is 366. The van der Waals surface area contributed by atoms with Crippen LogP contribution in [-0.4, -0.2) is 30.2 Å². The van der Waals surface area contributed by atoms with Gasteiger partial charge in [-0.1, -0.05) is 11.6 Å². The quantitative estimate of drug-likeness (QED) is 0.665. The van der Waals surface area contributed by atoms with Crippen LogP contribution in [0.1, 0.15) is 19.8 Å². The van der Waals surface area contributed by atoms with Crippen LogP contribution in [0, 0.1) is 0 Å². The maximum absolute atomic E-state index is 11.5. The molecule has 0 aliphatic carbocycles. The summed E-state index contributed by atoms with van der Waals surface area (Å²) in [5.74, 6) is -0.0885. The first-order valence-electron chi connectivity index (χ1n) is 6.02. The van der Waals surface area contributed by atoms with Gasteiger partial charge in [-0.05, 0) is 50.6 Å². The zero-order valence-corrected chi connectivity index (χ0v) is 11.2. The molecule has 4 nitrogen and oxygen atoms in total. The Morgan fingerprint density at radius 2 is 2.06 bits per heavy atom. The largest absolute Gasteiger partial charge is 0.393 e. The van der Waals surface area contributed by atoms with Crippen LogP contribution in [0.5, 0.6) is 0 Å². The number of benzene rings is 1. The minimum Gasteiger partial charge on any atom is -0.393 e. The van der Waals surface area contributed by atoms with E-state index < -0.39 is 0 Å². The number of hydrogen-bond donors (Lipinski definition) is 3. The minimum atomic E-state index is -0.283. The average molecular weight is 271 g/mol. The molecule has 0 heterocycles. The standard InChI is InChI=1S/C13H19ClN2O2/c1-10(17)3-2-8-15-9-13(18)16-12-6-4-11(14)5-7-12/h4-7,10,15,17H,2-3,8-9H2,1H3,(H,16,18). The van der Waals surface area contributed by atoms with Crippen LogP contribution < -0.4 is 10.6 Å². The number of aliphatic hydroxyl groups excluding tert-OH is 1. The van der Waals surface area contributed by atoms with Crippen LogP contribution in [-0.2, 0) is 4.79 Å². The number of hydrogen-bond acceptors (Lipinski definition) is 3. The van der Waals surface area contributed by atoms with E-state index in [2.05, 4.69) is 10.6 Å². The predicted molar refractivity (Wildman–Crippen MR) is 73.9 cm³/mol. The number of carbonyl (C=O) groups is 1. The number of aliphatic hydroxyl groups is 1. The number of amides is 1. The molecule has 1 atom stereocenters. The van der Waals surface area contributed by atoms with Gasteiger partial charge in [0.15, 0.2) is 0 Å². The first-order chi connectivity index (χ1) is 8.58. The Balaban J connectivity index is 2.16. The van der Waals surface area contributed by atoms with Crippen molar-refractivity contribution < 1.29 is 9.90 Å². The number of rotatable bonds is 7. The summed E-state index contributed by atoms with van der Waals surface area (Å²) in [7, 11) is 0. The topological polar surface area (TPSA) is 61.4 Å². The molecule has 0 radical (unpaired) electrons. The summed E-state index contributed by atoms with van der Waals surface area (Å²) in [5.41, 5.74) is 0.732. The molecule has 0 aliphatic heterocycles. The van der Waals surface area contributed by atoms with Crippen molar-refractivity contribution in [3.63, 3.8) is 0 Å². The lowest BCUT2D eigenvalue weighted by molar-refractivity contribution is -0.115. The SMILES string of the molecule is CC(O)CCCNCC(=O)Nc1ccc(Cl)cc1. The van der Waals surface area contributed by atoms with E-state index in [-0.39, 0.29) is 18.6 Å². The van der Waals surface area contributed by atoms with Crippen LogP contribution in [0.15, 0.2) is 24.3 Å². The molecule has 1 rings (SSSR count). The zero-order chi connectivity index (χ0) is 13.4. The van der Waals surface area contributed by atoms with Crippen molar-refractivity contribution in [2.24, 2.45) is 0 Å². The van der Waals surface area contributed by atoms with Gasteiger partial charge in [-0.15, -0.1) is 0 Å². The van der Waals surface area contributed by atoms with E-state index in [4.69, 9.17) is 16.7 Å². The highest BCUT2D eigenvalue weighted by Crippen LogP contribution is 2.12. The van der Waals surface area contributed by atoms with E-state index in [0.29, 0.717) is 5.02 Å². The predicted octanol–water partition coefficient (Wildman–Crippen LogP) is 2.03. The molecule has 0 saturated carbocycles. The van der Waals surface area contributed by atoms with Gasteiger partial charge in [0.2, 0.25) is 5.91 Å². The molecule has 1 aromatic carbocycles. The molecule has 1 aromatic rings. The number of carbonyl (C=O) groups excluding carboxylic acids is 1. The molecule has 5 heteroatoms. The Morgan fingerprint density at radius 3 is 2.67 bits per heavy atom. The molecular weight excluding hydrogens is 252 g/mol. The molecular formula is C13H19ClN2O2. The van der Waals surface area contributed by atoms with Gasteiger partial charge in [0.05, 0.1) is 12.6 Å². The average Bonchev–Trinajstić information content (AvgIpc) is 2.31. The van der Waals surface area contributed by atoms with E-state index in [9.17, 15) is 4.79 Å². The number of nitrogens with one attached hydrogen (secondary N) is 2. The molecule has 0 aromatic heterocycles. The maximum Gasteiger partial charge on any atom is 0.238 e. The van der Waals surface area contributed by atoms with Gasteiger partial charge in [-0.3, -0.25) is 4.79 Å². The lowest BCUT2D eigenvalue weighted by Gasteiger charge is -2.07. The number of halogens is 1. The summed E-state index contributed by atoms with van der Waals surface area (Å²) >= 11 is 5.75. The van der Waals surface area contributed by atoms with Gasteiger partial charge in [0.1, 0.15) is 0 Å². The van der Waals surface area contributed by atoms with Crippen molar-refractivity contribution in [1.82, 2.24) is 5.32 Å². The van der Waals surface area contributed by atoms with Gasteiger partial charge in [0, 0.05) is 10.7 Å². The van der Waals surface area contributed by atoms with Crippen LogP contribution in [0.3, 0.4) is 0 Å². The van der Waals surface area contributed by atoms with Gasteiger partial charge < -0.3 is 15.7 Å². The molecule has 0 spiro atoms. The highest BCUT2D eigenvalue weighted by Gasteiger charge is 2.02. The fourth-order valence-corrected chi connectivity index (χ4v) is 1.59. The smallest absolute Gasteiger partial charge is 0.238 e. The first kappa shape index (κ1) is 15.0. The van der Waals surface area contributed by atoms with E-state index in [1.807, 2.05) is 0 Å². The summed E-state index contributed by atoms with van der Waals surface area (Å²) in [5, 5.41) is 15.5. The second-order valence-corrected chi connectivity index (χ2v) is 4.66. The van der Waals surface area contributed by atoms with Gasteiger partial charge in [-0.2, -0.15) is 0 Å². The molecule has 0 fully saturated rings. The van der Waals surface area contributed by atoms with E-state index >= 15 is 0 Å². The van der Waals surface area contributed by atoms with Crippen LogP contribution in [0.4, 0.5) is 5.69 Å². The molecule has 0 aliphatic rings. The van der Waals surface area contributed by atoms with Crippen molar-refractivity contribution in [2.75, 3.05) is 18.4 Å². The van der Waals surface area contributed by atoms with Crippen LogP contribution >= 0.6 is 11.6 Å². The van der Waals surface area contributed by atoms with Crippen LogP contribution in [0.2, 0.25) is 5.02 Å². The van der Waals surface area contributed by atoms with Gasteiger partial charge in [-0.25, -0.2) is 0 Å². The van der Waals surface area contributed by atoms with Crippen molar-refractivity contribution in [1.29, 1.82) is 0 Å². The Labute approximate surface area is 112 Å². The fraction of sp³-hybridized carbons (Fsp3) is 0.462. The second kappa shape index (κ2) is 8.08. The Kier molecular flexibility index (Phi) is 6.72. The van der Waals surface area contributed by atoms with Crippen molar-refractivity contribution in [2.45, 2.75) is 25.9 Å². The Hall–Kier alpha value is -1.10. The summed E-state index contributed by atoms with van der Waals surface area (Å²) < 4.78 is 0. The highest BCUT2D eigenvalue weighted by molar-refractivity contribution is 6.30. The summed E-state index contributed by atoms with van der Waals surface area (Å²) in [6.07, 6.45) is 1.31. The van der Waals surface area contributed by atoms with Crippen molar-refractivity contribution in [3.8, 4) is 0 Å². The first-order valence-corrected chi connectivity index (χ1v) is 6.40. The molecule has 100 valence electrons. The summed E-state index contributed by atoms with van der Waals surface area (Å²) in [6, 6.07) is 6.97. The third-order valence-corrected chi connectivity index (χ3v) is 2.64. The third kappa shape index (κ3) is 6.59. The lowest BCUT2D eigenvalue weighted by Crippen LogP contribution is -2.29. The molecule has 0 bridgehead atoms. The minimum absolute atomic E-state index is 0.0885. The van der Waals surface area contributed by atoms with E-state index in [1.165, 1.54) is 0 Å². The summed E-state index contributed by atoms with van der Waals surface area (Å²) in [6.45, 7) is 2.74. The monoisotopic (exact) mass is 270 g/mol. The maximum atomic E-state index is 11.5. The molecule has 1 amide bonds. The normalized spacial score (nSPS) is 12.2. The highest BCUT2D eigenvalue weighted by atomic mass is 35.5. The van der Waals surface area contributed by atoms with Crippen molar-refractivity contribution in [3.05, 3.63) is 29.3 Å². The van der Waals surface area contributed by atoms with E-state index in [1.54, 1.807) is 31.2 Å². The van der Waals surface area contributed by atoms with E-state index in [0.717, 1.165) is 25.1 Å². The molecule has 3 N–H and O–H groups in total. The molecule has 18 heavy (non-hydrogen) atoms. The fourth-order valence-electron chi connectivity index (χ4n) is 1.46. The number of anilines is 1. The Morgan fingerprint density at radius 1 is 1.39 bits per heavy atom.